The first-order valence-corrected chi connectivity index (χ1v) is 9.08. The number of likely N-dealkylation sites (tertiary alicyclic amines) is 1. The Bertz CT molecular complexity index is 843. The summed E-state index contributed by atoms with van der Waals surface area (Å²) in [6.45, 7) is 5.68. The number of aromatic amines is 1. The number of H-pyrrole nitrogens is 1. The highest BCUT2D eigenvalue weighted by molar-refractivity contribution is 5.78. The molecule has 3 aromatic rings. The van der Waals surface area contributed by atoms with Crippen molar-refractivity contribution in [1.29, 1.82) is 0 Å². The summed E-state index contributed by atoms with van der Waals surface area (Å²) in [5.74, 6) is 0.897. The van der Waals surface area contributed by atoms with E-state index in [0.29, 0.717) is 6.04 Å². The summed E-state index contributed by atoms with van der Waals surface area (Å²) in [6, 6.07) is 6.39. The molecule has 6 nitrogen and oxygen atoms in total. The van der Waals surface area contributed by atoms with Crippen molar-refractivity contribution in [1.82, 2.24) is 24.8 Å². The number of rotatable bonds is 6. The fraction of sp³-hybridized carbons (Fsp3) is 0.421. The molecule has 1 aliphatic heterocycles. The second kappa shape index (κ2) is 7.19. The van der Waals surface area contributed by atoms with Crippen LogP contribution in [0.3, 0.4) is 0 Å². The molecule has 0 spiro atoms. The van der Waals surface area contributed by atoms with Crippen LogP contribution < -0.4 is 5.32 Å². The molecule has 1 atom stereocenters. The SMILES string of the molecule is CCCCN1CC[C@@H](Nc2ncccc2-c2cnc3[nH]ccc3n2)C1. The van der Waals surface area contributed by atoms with E-state index in [4.69, 9.17) is 4.98 Å². The molecule has 0 unspecified atom stereocenters. The van der Waals surface area contributed by atoms with Gasteiger partial charge in [0.1, 0.15) is 11.3 Å². The molecule has 4 rings (SSSR count). The molecule has 1 aliphatic rings. The van der Waals surface area contributed by atoms with Crippen LogP contribution >= 0.6 is 0 Å². The highest BCUT2D eigenvalue weighted by atomic mass is 15.2. The molecule has 1 fully saturated rings. The lowest BCUT2D eigenvalue weighted by molar-refractivity contribution is 0.330. The summed E-state index contributed by atoms with van der Waals surface area (Å²) < 4.78 is 0. The van der Waals surface area contributed by atoms with Gasteiger partial charge in [-0.25, -0.2) is 15.0 Å². The summed E-state index contributed by atoms with van der Waals surface area (Å²) in [6.07, 6.45) is 9.18. The zero-order valence-electron chi connectivity index (χ0n) is 14.6. The Morgan fingerprint density at radius 2 is 2.28 bits per heavy atom. The molecule has 0 aliphatic carbocycles. The number of anilines is 1. The molecule has 2 N–H and O–H groups in total. The molecule has 0 radical (unpaired) electrons. The molecular weight excluding hydrogens is 312 g/mol. The average Bonchev–Trinajstić information content (AvgIpc) is 3.29. The third-order valence-electron chi connectivity index (χ3n) is 4.79. The van der Waals surface area contributed by atoms with E-state index in [1.165, 1.54) is 19.4 Å². The Balaban J connectivity index is 1.53. The van der Waals surface area contributed by atoms with Gasteiger partial charge in [-0.1, -0.05) is 13.3 Å². The van der Waals surface area contributed by atoms with Crippen LogP contribution in [-0.4, -0.2) is 50.5 Å². The predicted molar refractivity (Wildman–Crippen MR) is 100 cm³/mol. The minimum absolute atomic E-state index is 0.439. The maximum atomic E-state index is 4.71. The molecule has 0 saturated carbocycles. The van der Waals surface area contributed by atoms with Gasteiger partial charge in [-0.3, -0.25) is 0 Å². The minimum atomic E-state index is 0.439. The number of nitrogens with zero attached hydrogens (tertiary/aromatic N) is 4. The fourth-order valence-electron chi connectivity index (χ4n) is 3.42. The van der Waals surface area contributed by atoms with Crippen molar-refractivity contribution in [3.8, 4) is 11.3 Å². The largest absolute Gasteiger partial charge is 0.365 e. The predicted octanol–water partition coefficient (Wildman–Crippen LogP) is 3.31. The van der Waals surface area contributed by atoms with Gasteiger partial charge >= 0.3 is 0 Å². The van der Waals surface area contributed by atoms with Gasteiger partial charge in [-0.2, -0.15) is 0 Å². The Morgan fingerprint density at radius 3 is 3.20 bits per heavy atom. The lowest BCUT2D eigenvalue weighted by atomic mass is 10.1. The lowest BCUT2D eigenvalue weighted by Gasteiger charge is -2.18. The molecule has 25 heavy (non-hydrogen) atoms. The molecule has 0 bridgehead atoms. The Morgan fingerprint density at radius 1 is 1.32 bits per heavy atom. The smallest absolute Gasteiger partial charge is 0.156 e. The molecule has 0 amide bonds. The van der Waals surface area contributed by atoms with Gasteiger partial charge in [0, 0.05) is 37.1 Å². The van der Waals surface area contributed by atoms with Crippen molar-refractivity contribution in [3.05, 3.63) is 36.8 Å². The third-order valence-corrected chi connectivity index (χ3v) is 4.79. The number of nitrogens with one attached hydrogen (secondary N) is 2. The van der Waals surface area contributed by atoms with E-state index < -0.39 is 0 Å². The quantitative estimate of drug-likeness (QED) is 0.723. The summed E-state index contributed by atoms with van der Waals surface area (Å²) in [5, 5.41) is 3.63. The topological polar surface area (TPSA) is 69.7 Å². The summed E-state index contributed by atoms with van der Waals surface area (Å²) in [7, 11) is 0. The number of unbranched alkanes of at least 4 members (excludes halogenated alkanes) is 1. The van der Waals surface area contributed by atoms with Gasteiger partial charge < -0.3 is 15.2 Å². The fourth-order valence-corrected chi connectivity index (χ4v) is 3.42. The number of aromatic nitrogens is 4. The van der Waals surface area contributed by atoms with Gasteiger partial charge in [0.2, 0.25) is 0 Å². The zero-order valence-corrected chi connectivity index (χ0v) is 14.6. The van der Waals surface area contributed by atoms with Crippen LogP contribution in [0.2, 0.25) is 0 Å². The van der Waals surface area contributed by atoms with Gasteiger partial charge in [-0.05, 0) is 37.6 Å². The monoisotopic (exact) mass is 336 g/mol. The highest BCUT2D eigenvalue weighted by Gasteiger charge is 2.23. The van der Waals surface area contributed by atoms with Crippen molar-refractivity contribution >= 4 is 17.0 Å². The second-order valence-corrected chi connectivity index (χ2v) is 6.65. The molecular formula is C19H24N6. The first-order chi connectivity index (χ1) is 12.3. The van der Waals surface area contributed by atoms with Gasteiger partial charge in [-0.15, -0.1) is 0 Å². The Kier molecular flexibility index (Phi) is 4.61. The van der Waals surface area contributed by atoms with Gasteiger partial charge in [0.05, 0.1) is 11.9 Å². The maximum Gasteiger partial charge on any atom is 0.156 e. The molecule has 4 heterocycles. The highest BCUT2D eigenvalue weighted by Crippen LogP contribution is 2.26. The van der Waals surface area contributed by atoms with Gasteiger partial charge in [0.25, 0.3) is 0 Å². The van der Waals surface area contributed by atoms with Crippen LogP contribution in [0.5, 0.6) is 0 Å². The van der Waals surface area contributed by atoms with E-state index in [2.05, 4.69) is 38.2 Å². The van der Waals surface area contributed by atoms with Crippen LogP contribution in [-0.2, 0) is 0 Å². The van der Waals surface area contributed by atoms with E-state index >= 15 is 0 Å². The first kappa shape index (κ1) is 16.0. The van der Waals surface area contributed by atoms with Crippen molar-refractivity contribution in [3.63, 3.8) is 0 Å². The van der Waals surface area contributed by atoms with Crippen LogP contribution in [0.4, 0.5) is 5.82 Å². The standard InChI is InChI=1S/C19H24N6/c1-2-3-10-25-11-7-14(13-25)23-18-15(5-4-8-20-18)17-12-22-19-16(24-17)6-9-21-19/h4-6,8-9,12,14H,2-3,7,10-11,13H2,1H3,(H,20,23)(H,21,22)/t14-/m1/s1. The number of hydrogen-bond donors (Lipinski definition) is 2. The van der Waals surface area contributed by atoms with Gasteiger partial charge in [0.15, 0.2) is 5.65 Å². The summed E-state index contributed by atoms with van der Waals surface area (Å²) in [5.41, 5.74) is 3.54. The maximum absolute atomic E-state index is 4.71. The van der Waals surface area contributed by atoms with Crippen LogP contribution in [0.15, 0.2) is 36.8 Å². The molecule has 3 aromatic heterocycles. The number of fused-ring (bicyclic) bond motifs is 1. The van der Waals surface area contributed by atoms with Crippen LogP contribution in [0.1, 0.15) is 26.2 Å². The van der Waals surface area contributed by atoms with Crippen molar-refractivity contribution in [2.75, 3.05) is 25.0 Å². The van der Waals surface area contributed by atoms with Crippen molar-refractivity contribution in [2.24, 2.45) is 0 Å². The summed E-state index contributed by atoms with van der Waals surface area (Å²) >= 11 is 0. The van der Waals surface area contributed by atoms with Crippen LogP contribution in [0, 0.1) is 0 Å². The van der Waals surface area contributed by atoms with Crippen LogP contribution in [0.25, 0.3) is 22.4 Å². The molecule has 130 valence electrons. The molecule has 1 saturated heterocycles. The van der Waals surface area contributed by atoms with E-state index in [9.17, 15) is 0 Å². The minimum Gasteiger partial charge on any atom is -0.365 e. The van der Waals surface area contributed by atoms with Crippen molar-refractivity contribution < 1.29 is 0 Å². The van der Waals surface area contributed by atoms with E-state index in [-0.39, 0.29) is 0 Å². The Hall–Kier alpha value is -2.47. The first-order valence-electron chi connectivity index (χ1n) is 9.08. The molecule has 6 heteroatoms. The summed E-state index contributed by atoms with van der Waals surface area (Å²) in [4.78, 5) is 19.4. The van der Waals surface area contributed by atoms with E-state index in [0.717, 1.165) is 47.7 Å². The van der Waals surface area contributed by atoms with E-state index in [1.807, 2.05) is 30.7 Å². The van der Waals surface area contributed by atoms with E-state index in [1.54, 1.807) is 0 Å². The molecule has 0 aromatic carbocycles. The number of hydrogen-bond acceptors (Lipinski definition) is 5. The Labute approximate surface area is 147 Å². The third kappa shape index (κ3) is 3.49. The average molecular weight is 336 g/mol. The zero-order chi connectivity index (χ0) is 17.1. The normalized spacial score (nSPS) is 18.0. The van der Waals surface area contributed by atoms with Crippen molar-refractivity contribution in [2.45, 2.75) is 32.2 Å². The number of pyridine rings is 1. The second-order valence-electron chi connectivity index (χ2n) is 6.65. The lowest BCUT2D eigenvalue weighted by Crippen LogP contribution is -2.27.